The van der Waals surface area contributed by atoms with Crippen LogP contribution in [-0.4, -0.2) is 46.2 Å². The van der Waals surface area contributed by atoms with Gasteiger partial charge in [-0.25, -0.2) is 13.1 Å². The number of benzene rings is 1. The minimum Gasteiger partial charge on any atom is -0.343 e. The van der Waals surface area contributed by atoms with Crippen molar-refractivity contribution in [2.75, 3.05) is 19.6 Å². The molecule has 148 valence electrons. The van der Waals surface area contributed by atoms with Gasteiger partial charge in [-0.1, -0.05) is 13.0 Å². The van der Waals surface area contributed by atoms with Gasteiger partial charge in [0.25, 0.3) is 5.91 Å². The van der Waals surface area contributed by atoms with E-state index in [-0.39, 0.29) is 34.8 Å². The van der Waals surface area contributed by atoms with Crippen molar-refractivity contribution in [3.8, 4) is 0 Å². The number of alkyl halides is 3. The third-order valence-electron chi connectivity index (χ3n) is 3.99. The molecule has 0 bridgehead atoms. The Morgan fingerprint density at radius 3 is 2.65 bits per heavy atom. The molecular weight excluding hydrogens is 395 g/mol. The first kappa shape index (κ1) is 22.7. The SMILES string of the molecule is CC1CCNCC1NS(=O)(=O)c1cccc(C(=O)NCC(F)(F)F)c1.Cl. The molecular formula is C15H21ClF3N3O3S. The molecule has 0 aromatic heterocycles. The van der Waals surface area contributed by atoms with Crippen LogP contribution in [0, 0.1) is 5.92 Å². The molecule has 3 N–H and O–H groups in total. The van der Waals surface area contributed by atoms with Crippen molar-refractivity contribution in [1.82, 2.24) is 15.4 Å². The predicted molar refractivity (Wildman–Crippen MR) is 92.8 cm³/mol. The molecule has 1 amide bonds. The lowest BCUT2D eigenvalue weighted by molar-refractivity contribution is -0.123. The zero-order chi connectivity index (χ0) is 18.7. The lowest BCUT2D eigenvalue weighted by Crippen LogP contribution is -2.50. The molecule has 0 spiro atoms. The fourth-order valence-electron chi connectivity index (χ4n) is 2.50. The van der Waals surface area contributed by atoms with Crippen LogP contribution in [0.15, 0.2) is 29.2 Å². The van der Waals surface area contributed by atoms with E-state index in [9.17, 15) is 26.4 Å². The molecule has 0 aliphatic carbocycles. The number of nitrogens with one attached hydrogen (secondary N) is 3. The van der Waals surface area contributed by atoms with Gasteiger partial charge in [-0.3, -0.25) is 4.79 Å². The summed E-state index contributed by atoms with van der Waals surface area (Å²) in [4.78, 5) is 11.6. The van der Waals surface area contributed by atoms with Crippen molar-refractivity contribution >= 4 is 28.3 Å². The second kappa shape index (κ2) is 9.03. The second-order valence-electron chi connectivity index (χ2n) is 6.02. The summed E-state index contributed by atoms with van der Waals surface area (Å²) in [6, 6.07) is 4.65. The van der Waals surface area contributed by atoms with E-state index in [0.29, 0.717) is 6.54 Å². The van der Waals surface area contributed by atoms with Crippen LogP contribution >= 0.6 is 12.4 Å². The average Bonchev–Trinajstić information content (AvgIpc) is 2.54. The number of carbonyl (C=O) groups is 1. The van der Waals surface area contributed by atoms with Gasteiger partial charge in [0.2, 0.25) is 10.0 Å². The maximum absolute atomic E-state index is 12.5. The molecule has 1 saturated heterocycles. The lowest BCUT2D eigenvalue weighted by atomic mass is 9.96. The standard InChI is InChI=1S/C15H20F3N3O3S.ClH/c1-10-5-6-19-8-13(10)21-25(23,24)12-4-2-3-11(7-12)14(22)20-9-15(16,17)18;/h2-4,7,10,13,19,21H,5-6,8-9H2,1H3,(H,20,22);1H. The minimum atomic E-state index is -4.54. The van der Waals surface area contributed by atoms with E-state index in [1.807, 2.05) is 6.92 Å². The highest BCUT2D eigenvalue weighted by molar-refractivity contribution is 7.89. The van der Waals surface area contributed by atoms with Crippen LogP contribution in [0.3, 0.4) is 0 Å². The molecule has 1 aliphatic heterocycles. The van der Waals surface area contributed by atoms with Crippen LogP contribution in [0.1, 0.15) is 23.7 Å². The number of carbonyl (C=O) groups excluding carboxylic acids is 1. The maximum atomic E-state index is 12.5. The Hall–Kier alpha value is -1.36. The molecule has 1 aromatic rings. The Balaban J connectivity index is 0.00000338. The first-order valence-corrected chi connectivity index (χ1v) is 9.25. The Morgan fingerprint density at radius 1 is 1.35 bits per heavy atom. The smallest absolute Gasteiger partial charge is 0.343 e. The molecule has 6 nitrogen and oxygen atoms in total. The van der Waals surface area contributed by atoms with Crippen LogP contribution in [0.25, 0.3) is 0 Å². The van der Waals surface area contributed by atoms with Gasteiger partial charge in [0.15, 0.2) is 0 Å². The number of sulfonamides is 1. The largest absolute Gasteiger partial charge is 0.405 e. The summed E-state index contributed by atoms with van der Waals surface area (Å²) in [5, 5.41) is 4.82. The summed E-state index contributed by atoms with van der Waals surface area (Å²) in [6.45, 7) is 1.77. The van der Waals surface area contributed by atoms with Gasteiger partial charge in [0.05, 0.1) is 4.90 Å². The maximum Gasteiger partial charge on any atom is 0.405 e. The van der Waals surface area contributed by atoms with Crippen LogP contribution in [0.4, 0.5) is 13.2 Å². The van der Waals surface area contributed by atoms with E-state index < -0.39 is 28.7 Å². The van der Waals surface area contributed by atoms with Crippen molar-refractivity contribution in [1.29, 1.82) is 0 Å². The summed E-state index contributed by atoms with van der Waals surface area (Å²) >= 11 is 0. The van der Waals surface area contributed by atoms with E-state index in [1.165, 1.54) is 18.2 Å². The van der Waals surface area contributed by atoms with Gasteiger partial charge >= 0.3 is 6.18 Å². The summed E-state index contributed by atoms with van der Waals surface area (Å²) in [5.74, 6) is -0.837. The highest BCUT2D eigenvalue weighted by Crippen LogP contribution is 2.17. The Bertz CT molecular complexity index is 728. The molecule has 2 atom stereocenters. The quantitative estimate of drug-likeness (QED) is 0.682. The molecule has 1 aliphatic rings. The van der Waals surface area contributed by atoms with Gasteiger partial charge in [0, 0.05) is 18.2 Å². The predicted octanol–water partition coefficient (Wildman–Crippen LogP) is 1.68. The van der Waals surface area contributed by atoms with Crippen molar-refractivity contribution in [2.45, 2.75) is 30.5 Å². The van der Waals surface area contributed by atoms with Gasteiger partial charge in [-0.15, -0.1) is 12.4 Å². The zero-order valence-electron chi connectivity index (χ0n) is 14.0. The van der Waals surface area contributed by atoms with Crippen molar-refractivity contribution in [3.63, 3.8) is 0 Å². The van der Waals surface area contributed by atoms with Gasteiger partial charge in [-0.05, 0) is 37.1 Å². The van der Waals surface area contributed by atoms with Crippen LogP contribution in [-0.2, 0) is 10.0 Å². The summed E-state index contributed by atoms with van der Waals surface area (Å²) in [5.41, 5.74) is -0.151. The van der Waals surface area contributed by atoms with Crippen LogP contribution in [0.5, 0.6) is 0 Å². The number of halogens is 4. The van der Waals surface area contributed by atoms with Crippen molar-refractivity contribution < 1.29 is 26.4 Å². The topological polar surface area (TPSA) is 87.3 Å². The zero-order valence-corrected chi connectivity index (χ0v) is 15.6. The van der Waals surface area contributed by atoms with Crippen LogP contribution < -0.4 is 15.4 Å². The highest BCUT2D eigenvalue weighted by Gasteiger charge is 2.29. The minimum absolute atomic E-state index is 0. The first-order valence-electron chi connectivity index (χ1n) is 7.76. The number of hydrogen-bond acceptors (Lipinski definition) is 4. The molecule has 2 unspecified atom stereocenters. The van der Waals surface area contributed by atoms with Gasteiger partial charge < -0.3 is 10.6 Å². The average molecular weight is 416 g/mol. The third-order valence-corrected chi connectivity index (χ3v) is 5.48. The lowest BCUT2D eigenvalue weighted by Gasteiger charge is -2.30. The molecule has 11 heteroatoms. The Kier molecular flexibility index (Phi) is 7.87. The number of piperidine rings is 1. The van der Waals surface area contributed by atoms with Gasteiger partial charge in [-0.2, -0.15) is 13.2 Å². The Labute approximate surface area is 156 Å². The van der Waals surface area contributed by atoms with E-state index in [2.05, 4.69) is 10.0 Å². The normalized spacial score (nSPS) is 20.9. The van der Waals surface area contributed by atoms with E-state index in [4.69, 9.17) is 0 Å². The molecule has 0 radical (unpaired) electrons. The second-order valence-corrected chi connectivity index (χ2v) is 7.74. The monoisotopic (exact) mass is 415 g/mol. The summed E-state index contributed by atoms with van der Waals surface area (Å²) in [7, 11) is -3.88. The fourth-order valence-corrected chi connectivity index (χ4v) is 3.89. The molecule has 1 heterocycles. The fraction of sp³-hybridized carbons (Fsp3) is 0.533. The number of amides is 1. The van der Waals surface area contributed by atoms with Crippen LogP contribution in [0.2, 0.25) is 0 Å². The van der Waals surface area contributed by atoms with E-state index in [0.717, 1.165) is 19.0 Å². The Morgan fingerprint density at radius 2 is 2.04 bits per heavy atom. The van der Waals surface area contributed by atoms with Gasteiger partial charge in [0.1, 0.15) is 6.54 Å². The molecule has 1 aromatic carbocycles. The first-order chi connectivity index (χ1) is 11.6. The van der Waals surface area contributed by atoms with Crippen molar-refractivity contribution in [2.24, 2.45) is 5.92 Å². The summed E-state index contributed by atoms with van der Waals surface area (Å²) < 4.78 is 64.1. The highest BCUT2D eigenvalue weighted by atomic mass is 35.5. The molecule has 2 rings (SSSR count). The summed E-state index contributed by atoms with van der Waals surface area (Å²) in [6.07, 6.45) is -3.71. The van der Waals surface area contributed by atoms with E-state index >= 15 is 0 Å². The number of hydrogen-bond donors (Lipinski definition) is 3. The van der Waals surface area contributed by atoms with E-state index in [1.54, 1.807) is 5.32 Å². The molecule has 26 heavy (non-hydrogen) atoms. The molecule has 0 saturated carbocycles. The van der Waals surface area contributed by atoms with Crippen molar-refractivity contribution in [3.05, 3.63) is 29.8 Å². The third kappa shape index (κ3) is 6.42. The number of rotatable bonds is 5. The molecule has 1 fully saturated rings.